The summed E-state index contributed by atoms with van der Waals surface area (Å²) < 4.78 is 0. The predicted molar refractivity (Wildman–Crippen MR) is 92.5 cm³/mol. The molecule has 0 unspecified atom stereocenters. The summed E-state index contributed by atoms with van der Waals surface area (Å²) in [6, 6.07) is 3.66. The van der Waals surface area contributed by atoms with Crippen LogP contribution in [0, 0.1) is 0 Å². The summed E-state index contributed by atoms with van der Waals surface area (Å²) >= 11 is 0. The Labute approximate surface area is 134 Å². The number of hydrogen-bond acceptors (Lipinski definition) is 2. The Hall–Kier alpha value is -1.70. The van der Waals surface area contributed by atoms with Gasteiger partial charge in [0, 0.05) is 11.5 Å². The first-order chi connectivity index (χ1) is 10.5. The van der Waals surface area contributed by atoms with Crippen molar-refractivity contribution < 1.29 is 10.2 Å². The minimum Gasteiger partial charge on any atom is -0.507 e. The number of phenols is 2. The molecule has 1 atom stereocenters. The van der Waals surface area contributed by atoms with Crippen LogP contribution in [0.25, 0.3) is 0 Å². The number of unbranched alkanes of at least 4 members (excludes halogenated alkanes) is 2. The Kier molecular flexibility index (Phi) is 5.70. The van der Waals surface area contributed by atoms with Gasteiger partial charge in [0.05, 0.1) is 0 Å². The van der Waals surface area contributed by atoms with Crippen LogP contribution in [-0.4, -0.2) is 10.2 Å². The van der Waals surface area contributed by atoms with Gasteiger partial charge in [0.15, 0.2) is 0 Å². The largest absolute Gasteiger partial charge is 0.507 e. The molecule has 0 heterocycles. The third-order valence-electron chi connectivity index (χ3n) is 4.54. The summed E-state index contributed by atoms with van der Waals surface area (Å²) in [5.74, 6) is 0.520. The molecule has 0 amide bonds. The van der Waals surface area contributed by atoms with E-state index in [-0.39, 0.29) is 17.4 Å². The molecule has 0 bridgehead atoms. The van der Waals surface area contributed by atoms with Crippen molar-refractivity contribution in [1.29, 1.82) is 0 Å². The van der Waals surface area contributed by atoms with Gasteiger partial charge in [0.2, 0.25) is 0 Å². The summed E-state index contributed by atoms with van der Waals surface area (Å²) in [7, 11) is 0. The van der Waals surface area contributed by atoms with E-state index >= 15 is 0 Å². The molecular formula is C20H28O2. The molecule has 0 aliphatic heterocycles. The van der Waals surface area contributed by atoms with Crippen molar-refractivity contribution in [3.63, 3.8) is 0 Å². The van der Waals surface area contributed by atoms with Crippen LogP contribution in [0.4, 0.5) is 0 Å². The van der Waals surface area contributed by atoms with Gasteiger partial charge in [-0.05, 0) is 62.3 Å². The first-order valence-electron chi connectivity index (χ1n) is 8.45. The molecule has 0 radical (unpaired) electrons. The molecule has 2 N–H and O–H groups in total. The number of allylic oxidation sites excluding steroid dienone is 3. The molecule has 2 nitrogen and oxygen atoms in total. The fourth-order valence-corrected chi connectivity index (χ4v) is 3.41. The SMILES string of the molecule is C=C(C)C1=CCCC[C@H]1c1c(O)cc(CCCCC)cc1O. The molecule has 0 spiro atoms. The van der Waals surface area contributed by atoms with E-state index in [4.69, 9.17) is 0 Å². The quantitative estimate of drug-likeness (QED) is 0.671. The van der Waals surface area contributed by atoms with E-state index in [1.54, 1.807) is 0 Å². The maximum absolute atomic E-state index is 10.5. The van der Waals surface area contributed by atoms with Gasteiger partial charge in [0.1, 0.15) is 11.5 Å². The van der Waals surface area contributed by atoms with E-state index in [1.807, 2.05) is 19.1 Å². The van der Waals surface area contributed by atoms with Gasteiger partial charge in [-0.3, -0.25) is 0 Å². The highest BCUT2D eigenvalue weighted by molar-refractivity contribution is 5.54. The highest BCUT2D eigenvalue weighted by atomic mass is 16.3. The zero-order chi connectivity index (χ0) is 16.1. The zero-order valence-corrected chi connectivity index (χ0v) is 13.9. The molecule has 2 rings (SSSR count). The molecular weight excluding hydrogens is 272 g/mol. The number of aromatic hydroxyl groups is 2. The van der Waals surface area contributed by atoms with Gasteiger partial charge in [-0.2, -0.15) is 0 Å². The third kappa shape index (κ3) is 3.73. The molecule has 1 aromatic carbocycles. The van der Waals surface area contributed by atoms with Gasteiger partial charge >= 0.3 is 0 Å². The summed E-state index contributed by atoms with van der Waals surface area (Å²) in [5, 5.41) is 20.9. The third-order valence-corrected chi connectivity index (χ3v) is 4.54. The van der Waals surface area contributed by atoms with E-state index in [0.717, 1.165) is 48.8 Å². The smallest absolute Gasteiger partial charge is 0.123 e. The Morgan fingerprint density at radius 1 is 1.23 bits per heavy atom. The number of aryl methyl sites for hydroxylation is 1. The van der Waals surface area contributed by atoms with Crippen LogP contribution in [-0.2, 0) is 6.42 Å². The van der Waals surface area contributed by atoms with Gasteiger partial charge in [-0.1, -0.05) is 38.0 Å². The summed E-state index contributed by atoms with van der Waals surface area (Å²) in [6.45, 7) is 8.22. The second-order valence-electron chi connectivity index (χ2n) is 6.43. The summed E-state index contributed by atoms with van der Waals surface area (Å²) in [6.07, 6.45) is 9.63. The maximum atomic E-state index is 10.5. The van der Waals surface area contributed by atoms with Crippen LogP contribution in [0.15, 0.2) is 35.9 Å². The Morgan fingerprint density at radius 3 is 2.50 bits per heavy atom. The lowest BCUT2D eigenvalue weighted by molar-refractivity contribution is 0.426. The minimum atomic E-state index is 0.0657. The van der Waals surface area contributed by atoms with Crippen LogP contribution in [0.3, 0.4) is 0 Å². The van der Waals surface area contributed by atoms with Crippen molar-refractivity contribution in [2.75, 3.05) is 0 Å². The predicted octanol–water partition coefficient (Wildman–Crippen LogP) is 5.60. The van der Waals surface area contributed by atoms with Gasteiger partial charge in [0.25, 0.3) is 0 Å². The number of hydrogen-bond donors (Lipinski definition) is 2. The van der Waals surface area contributed by atoms with E-state index in [0.29, 0.717) is 5.56 Å². The average Bonchev–Trinajstić information content (AvgIpc) is 2.47. The molecule has 2 heteroatoms. The normalized spacial score (nSPS) is 18.1. The Bertz CT molecular complexity index is 546. The van der Waals surface area contributed by atoms with Crippen LogP contribution in [0.5, 0.6) is 11.5 Å². The molecule has 0 fully saturated rings. The number of rotatable bonds is 6. The van der Waals surface area contributed by atoms with Crippen LogP contribution < -0.4 is 0 Å². The van der Waals surface area contributed by atoms with Gasteiger partial charge in [-0.15, -0.1) is 0 Å². The molecule has 1 aromatic rings. The van der Waals surface area contributed by atoms with E-state index in [1.165, 1.54) is 12.8 Å². The van der Waals surface area contributed by atoms with E-state index in [9.17, 15) is 10.2 Å². The van der Waals surface area contributed by atoms with E-state index < -0.39 is 0 Å². The average molecular weight is 300 g/mol. The van der Waals surface area contributed by atoms with Crippen molar-refractivity contribution in [3.8, 4) is 11.5 Å². The first kappa shape index (κ1) is 16.7. The lowest BCUT2D eigenvalue weighted by atomic mass is 9.79. The van der Waals surface area contributed by atoms with Gasteiger partial charge < -0.3 is 10.2 Å². The lowest BCUT2D eigenvalue weighted by Gasteiger charge is -2.26. The summed E-state index contributed by atoms with van der Waals surface area (Å²) in [5.41, 5.74) is 3.88. The Balaban J connectivity index is 2.29. The molecule has 22 heavy (non-hydrogen) atoms. The van der Waals surface area contributed by atoms with Crippen molar-refractivity contribution in [2.45, 2.75) is 64.7 Å². The standard InChI is InChI=1S/C20H28O2/c1-4-5-6-9-15-12-18(21)20(19(22)13-15)17-11-8-7-10-16(17)14(2)3/h10,12-13,17,21-22H,2,4-9,11H2,1,3H3/t17-/m1/s1. The number of benzene rings is 1. The molecule has 0 aromatic heterocycles. The molecule has 1 aliphatic carbocycles. The van der Waals surface area contributed by atoms with Crippen LogP contribution in [0.2, 0.25) is 0 Å². The molecule has 120 valence electrons. The maximum Gasteiger partial charge on any atom is 0.123 e. The second kappa shape index (κ2) is 7.53. The summed E-state index contributed by atoms with van der Waals surface area (Å²) in [4.78, 5) is 0. The molecule has 0 saturated heterocycles. The monoisotopic (exact) mass is 300 g/mol. The minimum absolute atomic E-state index is 0.0657. The fraction of sp³-hybridized carbons (Fsp3) is 0.500. The van der Waals surface area contributed by atoms with Crippen molar-refractivity contribution >= 4 is 0 Å². The van der Waals surface area contributed by atoms with Crippen molar-refractivity contribution in [2.24, 2.45) is 0 Å². The van der Waals surface area contributed by atoms with Gasteiger partial charge in [-0.25, -0.2) is 0 Å². The van der Waals surface area contributed by atoms with Crippen molar-refractivity contribution in [3.05, 3.63) is 47.1 Å². The topological polar surface area (TPSA) is 40.5 Å². The Morgan fingerprint density at radius 2 is 1.91 bits per heavy atom. The molecule has 0 saturated carbocycles. The lowest BCUT2D eigenvalue weighted by Crippen LogP contribution is -2.09. The molecule has 1 aliphatic rings. The highest BCUT2D eigenvalue weighted by Gasteiger charge is 2.26. The first-order valence-corrected chi connectivity index (χ1v) is 8.45. The second-order valence-corrected chi connectivity index (χ2v) is 6.43. The van der Waals surface area contributed by atoms with Crippen LogP contribution >= 0.6 is 0 Å². The fourth-order valence-electron chi connectivity index (χ4n) is 3.41. The number of phenolic OH excluding ortho intramolecular Hbond substituents is 2. The highest BCUT2D eigenvalue weighted by Crippen LogP contribution is 2.45. The van der Waals surface area contributed by atoms with Crippen molar-refractivity contribution in [1.82, 2.24) is 0 Å². The van der Waals surface area contributed by atoms with E-state index in [2.05, 4.69) is 19.6 Å². The van der Waals surface area contributed by atoms with Crippen LogP contribution in [0.1, 0.15) is 69.4 Å². The zero-order valence-electron chi connectivity index (χ0n) is 13.9.